The van der Waals surface area contributed by atoms with Crippen LogP contribution in [0, 0.1) is 40.4 Å². The molecule has 2 N–H and O–H groups in total. The van der Waals surface area contributed by atoms with E-state index >= 15 is 0 Å². The fourth-order valence-electron chi connectivity index (χ4n) is 9.31. The van der Waals surface area contributed by atoms with E-state index in [4.69, 9.17) is 9.47 Å². The first-order valence-electron chi connectivity index (χ1n) is 13.1. The number of cyclic esters (lactones) is 1. The average Bonchev–Trinajstić information content (AvgIpc) is 3.51. The molecule has 0 radical (unpaired) electrons. The molecular formula is C28H38O6. The van der Waals surface area contributed by atoms with Crippen LogP contribution in [0.3, 0.4) is 0 Å². The quantitative estimate of drug-likeness (QED) is 0.475. The molecule has 0 aromatic carbocycles. The Morgan fingerprint density at radius 1 is 1.15 bits per heavy atom. The smallest absolute Gasteiger partial charge is 0.333 e. The molecule has 0 unspecified atom stereocenters. The van der Waals surface area contributed by atoms with Gasteiger partial charge in [0.1, 0.15) is 17.8 Å². The second-order valence-corrected chi connectivity index (χ2v) is 12.6. The Kier molecular flexibility index (Phi) is 4.75. The molecule has 0 aromatic rings. The SMILES string of the molecule is CC1=C(C)C(=O)O[C@H]([C@@H](C)[C@H]2CC[C@H]3[C@@H]4[C@@H]5O[C@@H]5[C@@]5(O)CC=CC(=O)[C@]5(C)[C@H]4C[C@@H](O)[C@]23C)C1. The van der Waals surface area contributed by atoms with Crippen LogP contribution in [0.15, 0.2) is 23.3 Å². The van der Waals surface area contributed by atoms with Gasteiger partial charge in [-0.1, -0.05) is 25.5 Å². The first-order valence-corrected chi connectivity index (χ1v) is 13.1. The van der Waals surface area contributed by atoms with Gasteiger partial charge in [-0.15, -0.1) is 0 Å². The molecule has 0 bridgehead atoms. The molecule has 186 valence electrons. The van der Waals surface area contributed by atoms with Crippen molar-refractivity contribution < 1.29 is 29.3 Å². The summed E-state index contributed by atoms with van der Waals surface area (Å²) in [7, 11) is 0. The molecule has 4 aliphatic carbocycles. The van der Waals surface area contributed by atoms with E-state index in [-0.39, 0.29) is 65.1 Å². The number of fused-ring (bicyclic) bond motifs is 8. The molecule has 6 aliphatic rings. The Morgan fingerprint density at radius 3 is 2.59 bits per heavy atom. The summed E-state index contributed by atoms with van der Waals surface area (Å²) >= 11 is 0. The summed E-state index contributed by atoms with van der Waals surface area (Å²) in [6.45, 7) is 10.1. The van der Waals surface area contributed by atoms with Gasteiger partial charge in [-0.2, -0.15) is 0 Å². The lowest BCUT2D eigenvalue weighted by atomic mass is 9.43. The van der Waals surface area contributed by atoms with Crippen LogP contribution in [0.2, 0.25) is 0 Å². The predicted molar refractivity (Wildman–Crippen MR) is 124 cm³/mol. The Morgan fingerprint density at radius 2 is 1.88 bits per heavy atom. The summed E-state index contributed by atoms with van der Waals surface area (Å²) in [4.78, 5) is 25.7. The highest BCUT2D eigenvalue weighted by molar-refractivity contribution is 5.97. The number of hydrogen-bond donors (Lipinski definition) is 2. The fourth-order valence-corrected chi connectivity index (χ4v) is 9.31. The van der Waals surface area contributed by atoms with Crippen molar-refractivity contribution in [2.75, 3.05) is 0 Å². The number of epoxide rings is 1. The molecular weight excluding hydrogens is 432 g/mol. The second-order valence-electron chi connectivity index (χ2n) is 12.6. The zero-order valence-electron chi connectivity index (χ0n) is 20.9. The van der Waals surface area contributed by atoms with Gasteiger partial charge >= 0.3 is 5.97 Å². The zero-order chi connectivity index (χ0) is 24.4. The minimum absolute atomic E-state index is 0.0318. The Balaban J connectivity index is 1.34. The van der Waals surface area contributed by atoms with Crippen LogP contribution >= 0.6 is 0 Å². The van der Waals surface area contributed by atoms with Crippen LogP contribution in [0.25, 0.3) is 0 Å². The Hall–Kier alpha value is -1.50. The van der Waals surface area contributed by atoms with E-state index in [9.17, 15) is 19.8 Å². The summed E-state index contributed by atoms with van der Waals surface area (Å²) in [6.07, 6.45) is 5.89. The number of carbonyl (C=O) groups is 2. The van der Waals surface area contributed by atoms with E-state index in [1.165, 1.54) is 0 Å². The van der Waals surface area contributed by atoms with Gasteiger partial charge in [-0.3, -0.25) is 4.79 Å². The minimum Gasteiger partial charge on any atom is -0.458 e. The second kappa shape index (κ2) is 7.04. The number of hydrogen-bond acceptors (Lipinski definition) is 6. The zero-order valence-corrected chi connectivity index (χ0v) is 20.9. The maximum atomic E-state index is 13.3. The van der Waals surface area contributed by atoms with Crippen molar-refractivity contribution >= 4 is 11.8 Å². The first-order chi connectivity index (χ1) is 16.0. The molecule has 6 rings (SSSR count). The molecule has 1 saturated heterocycles. The van der Waals surface area contributed by atoms with Gasteiger partial charge < -0.3 is 19.7 Å². The molecule has 6 heteroatoms. The molecule has 0 aromatic heterocycles. The number of aliphatic hydroxyl groups excluding tert-OH is 1. The number of ketones is 1. The van der Waals surface area contributed by atoms with Crippen LogP contribution in [0.4, 0.5) is 0 Å². The van der Waals surface area contributed by atoms with Gasteiger partial charge in [0.2, 0.25) is 0 Å². The minimum atomic E-state index is -1.19. The summed E-state index contributed by atoms with van der Waals surface area (Å²) in [6, 6.07) is 0. The van der Waals surface area contributed by atoms with Crippen LogP contribution in [-0.2, 0) is 19.1 Å². The van der Waals surface area contributed by atoms with Gasteiger partial charge in [0.05, 0.1) is 17.6 Å². The molecule has 0 spiro atoms. The number of ether oxygens (including phenoxy) is 2. The maximum Gasteiger partial charge on any atom is 0.333 e. The third-order valence-corrected chi connectivity index (χ3v) is 11.7. The molecule has 0 amide bonds. The summed E-state index contributed by atoms with van der Waals surface area (Å²) in [5.74, 6) is 0.333. The van der Waals surface area contributed by atoms with Gasteiger partial charge in [0.25, 0.3) is 0 Å². The van der Waals surface area contributed by atoms with E-state index in [1.807, 2.05) is 20.8 Å². The lowest BCUT2D eigenvalue weighted by molar-refractivity contribution is -0.201. The number of aliphatic hydroxyl groups is 2. The molecule has 2 aliphatic heterocycles. The Labute approximate surface area is 201 Å². The van der Waals surface area contributed by atoms with Crippen molar-refractivity contribution in [3.8, 4) is 0 Å². The van der Waals surface area contributed by atoms with Gasteiger partial charge in [0.15, 0.2) is 5.78 Å². The van der Waals surface area contributed by atoms with Crippen molar-refractivity contribution in [2.45, 2.75) is 96.7 Å². The van der Waals surface area contributed by atoms with E-state index < -0.39 is 17.1 Å². The van der Waals surface area contributed by atoms with E-state index in [2.05, 4.69) is 13.8 Å². The van der Waals surface area contributed by atoms with Crippen LogP contribution in [0.5, 0.6) is 0 Å². The predicted octanol–water partition coefficient (Wildman–Crippen LogP) is 3.35. The highest BCUT2D eigenvalue weighted by Gasteiger charge is 2.78. The maximum absolute atomic E-state index is 13.3. The molecule has 34 heavy (non-hydrogen) atoms. The van der Waals surface area contributed by atoms with Crippen molar-refractivity contribution in [3.63, 3.8) is 0 Å². The largest absolute Gasteiger partial charge is 0.458 e. The van der Waals surface area contributed by atoms with Crippen molar-refractivity contribution in [1.29, 1.82) is 0 Å². The third-order valence-electron chi connectivity index (χ3n) is 11.7. The molecule has 3 saturated carbocycles. The first kappa shape index (κ1) is 22.9. The van der Waals surface area contributed by atoms with Crippen molar-refractivity contribution in [2.24, 2.45) is 40.4 Å². The number of rotatable bonds is 2. The van der Waals surface area contributed by atoms with Crippen molar-refractivity contribution in [1.82, 2.24) is 0 Å². The molecule has 2 heterocycles. The standard InChI is InChI=1S/C28H38O6/c1-13-11-19(33-25(31)14(13)2)15(3)16-8-9-17-22-18(12-21(30)26(16,17)4)27(5)20(29)7-6-10-28(27,32)24-23(22)34-24/h6-7,15-19,21-24,30,32H,8-12H2,1-5H3/t15-,16+,17-,18-,19-,21+,22-,23-,24-,26+,27-,28-/m0/s1. The normalized spacial score (nSPS) is 54.6. The van der Waals surface area contributed by atoms with E-state index in [0.717, 1.165) is 24.8 Å². The molecule has 6 nitrogen and oxygen atoms in total. The number of esters is 1. The summed E-state index contributed by atoms with van der Waals surface area (Å²) in [5.41, 5.74) is -0.664. The Bertz CT molecular complexity index is 1010. The molecule has 4 fully saturated rings. The van der Waals surface area contributed by atoms with Gasteiger partial charge in [-0.05, 0) is 87.5 Å². The highest BCUT2D eigenvalue weighted by atomic mass is 16.6. The summed E-state index contributed by atoms with van der Waals surface area (Å²) < 4.78 is 12.0. The van der Waals surface area contributed by atoms with Gasteiger partial charge in [-0.25, -0.2) is 4.79 Å². The van der Waals surface area contributed by atoms with Gasteiger partial charge in [0, 0.05) is 12.0 Å². The number of carbonyl (C=O) groups excluding carboxylic acids is 2. The lowest BCUT2D eigenvalue weighted by Crippen LogP contribution is -2.69. The van der Waals surface area contributed by atoms with Crippen LogP contribution in [0.1, 0.15) is 66.7 Å². The van der Waals surface area contributed by atoms with Crippen LogP contribution < -0.4 is 0 Å². The topological polar surface area (TPSA) is 96.4 Å². The van der Waals surface area contributed by atoms with Crippen LogP contribution in [-0.4, -0.2) is 52.0 Å². The van der Waals surface area contributed by atoms with Crippen molar-refractivity contribution in [3.05, 3.63) is 23.3 Å². The highest BCUT2D eigenvalue weighted by Crippen LogP contribution is 2.71. The molecule has 12 atom stereocenters. The monoisotopic (exact) mass is 470 g/mol. The lowest BCUT2D eigenvalue weighted by Gasteiger charge is -2.61. The summed E-state index contributed by atoms with van der Waals surface area (Å²) in [5, 5.41) is 23.5. The third kappa shape index (κ3) is 2.58. The van der Waals surface area contributed by atoms with E-state index in [1.54, 1.807) is 12.2 Å². The fraction of sp³-hybridized carbons (Fsp3) is 0.786. The average molecular weight is 471 g/mol. The number of allylic oxidation sites excluding steroid dienone is 1. The van der Waals surface area contributed by atoms with E-state index in [0.29, 0.717) is 18.4 Å².